The number of rotatable bonds is 7. The van der Waals surface area contributed by atoms with E-state index in [1.807, 2.05) is 0 Å². The van der Waals surface area contributed by atoms with Gasteiger partial charge in [-0.3, -0.25) is 0 Å². The third-order valence-corrected chi connectivity index (χ3v) is 3.67. The van der Waals surface area contributed by atoms with Crippen molar-refractivity contribution < 1.29 is 4.74 Å². The minimum Gasteiger partial charge on any atom is -0.385 e. The van der Waals surface area contributed by atoms with Gasteiger partial charge in [0.15, 0.2) is 0 Å². The summed E-state index contributed by atoms with van der Waals surface area (Å²) in [5.41, 5.74) is 0.520. The lowest BCUT2D eigenvalue weighted by molar-refractivity contribution is 0.191. The van der Waals surface area contributed by atoms with Gasteiger partial charge in [-0.15, -0.1) is 0 Å². The molecule has 2 heteroatoms. The molecular weight excluding hydrogens is 186 g/mol. The standard InChI is InChI=1S/C13H27NO/c1-13(2)9-7-8-12(13)14-10-5-4-6-11-15-3/h12,14H,4-11H2,1-3H3. The summed E-state index contributed by atoms with van der Waals surface area (Å²) >= 11 is 0. The Morgan fingerprint density at radius 3 is 2.67 bits per heavy atom. The lowest BCUT2D eigenvalue weighted by Gasteiger charge is -2.28. The Bertz CT molecular complexity index is 168. The van der Waals surface area contributed by atoms with Crippen LogP contribution in [-0.2, 0) is 4.74 Å². The summed E-state index contributed by atoms with van der Waals surface area (Å²) < 4.78 is 5.03. The van der Waals surface area contributed by atoms with Gasteiger partial charge in [-0.05, 0) is 44.1 Å². The van der Waals surface area contributed by atoms with Crippen LogP contribution in [0.1, 0.15) is 52.4 Å². The summed E-state index contributed by atoms with van der Waals surface area (Å²) in [6.45, 7) is 6.87. The molecule has 1 rings (SSSR count). The van der Waals surface area contributed by atoms with E-state index in [2.05, 4.69) is 19.2 Å². The Kier molecular flexibility index (Phi) is 5.62. The number of hydrogen-bond acceptors (Lipinski definition) is 2. The Morgan fingerprint density at radius 2 is 2.07 bits per heavy atom. The Balaban J connectivity index is 2.00. The summed E-state index contributed by atoms with van der Waals surface area (Å²) in [5, 5.41) is 3.71. The number of unbranched alkanes of at least 4 members (excludes halogenated alkanes) is 2. The third-order valence-electron chi connectivity index (χ3n) is 3.67. The number of nitrogens with one attached hydrogen (secondary N) is 1. The van der Waals surface area contributed by atoms with Crippen molar-refractivity contribution in [2.45, 2.75) is 58.4 Å². The van der Waals surface area contributed by atoms with Crippen LogP contribution in [0.25, 0.3) is 0 Å². The first kappa shape index (κ1) is 13.0. The van der Waals surface area contributed by atoms with E-state index in [1.165, 1.54) is 45.1 Å². The first-order valence-electron chi connectivity index (χ1n) is 6.39. The van der Waals surface area contributed by atoms with Crippen molar-refractivity contribution in [1.82, 2.24) is 5.32 Å². The van der Waals surface area contributed by atoms with Crippen LogP contribution >= 0.6 is 0 Å². The normalized spacial score (nSPS) is 24.6. The number of hydrogen-bond donors (Lipinski definition) is 1. The van der Waals surface area contributed by atoms with Gasteiger partial charge in [0, 0.05) is 19.8 Å². The Labute approximate surface area is 94.8 Å². The fourth-order valence-corrected chi connectivity index (χ4v) is 2.53. The topological polar surface area (TPSA) is 21.3 Å². The minimum atomic E-state index is 0.520. The summed E-state index contributed by atoms with van der Waals surface area (Å²) in [5.74, 6) is 0. The van der Waals surface area contributed by atoms with Crippen LogP contribution in [0.4, 0.5) is 0 Å². The van der Waals surface area contributed by atoms with Gasteiger partial charge in [0.25, 0.3) is 0 Å². The van der Waals surface area contributed by atoms with Gasteiger partial charge < -0.3 is 10.1 Å². The van der Waals surface area contributed by atoms with E-state index in [4.69, 9.17) is 4.74 Å². The maximum absolute atomic E-state index is 5.03. The van der Waals surface area contributed by atoms with Crippen molar-refractivity contribution in [3.63, 3.8) is 0 Å². The maximum Gasteiger partial charge on any atom is 0.0462 e. The first-order valence-corrected chi connectivity index (χ1v) is 6.39. The number of methoxy groups -OCH3 is 1. The van der Waals surface area contributed by atoms with Crippen molar-refractivity contribution in [2.75, 3.05) is 20.3 Å². The van der Waals surface area contributed by atoms with Crippen LogP contribution in [0, 0.1) is 5.41 Å². The van der Waals surface area contributed by atoms with E-state index < -0.39 is 0 Å². The van der Waals surface area contributed by atoms with Crippen LogP contribution in [0.2, 0.25) is 0 Å². The van der Waals surface area contributed by atoms with Crippen molar-refractivity contribution in [2.24, 2.45) is 5.41 Å². The second kappa shape index (κ2) is 6.49. The largest absolute Gasteiger partial charge is 0.385 e. The van der Waals surface area contributed by atoms with E-state index in [0.29, 0.717) is 5.41 Å². The molecule has 0 spiro atoms. The molecule has 1 aliphatic rings. The first-order chi connectivity index (χ1) is 7.17. The smallest absolute Gasteiger partial charge is 0.0462 e. The molecule has 0 radical (unpaired) electrons. The van der Waals surface area contributed by atoms with Crippen molar-refractivity contribution in [3.8, 4) is 0 Å². The SMILES string of the molecule is COCCCCCNC1CCCC1(C)C. The molecule has 0 saturated heterocycles. The summed E-state index contributed by atoms with van der Waals surface area (Å²) in [6, 6.07) is 0.750. The van der Waals surface area contributed by atoms with Crippen LogP contribution in [-0.4, -0.2) is 26.3 Å². The van der Waals surface area contributed by atoms with Crippen LogP contribution < -0.4 is 5.32 Å². The summed E-state index contributed by atoms with van der Waals surface area (Å²) in [6.07, 6.45) is 7.92. The number of ether oxygens (including phenoxy) is 1. The average Bonchev–Trinajstić information content (AvgIpc) is 2.52. The summed E-state index contributed by atoms with van der Waals surface area (Å²) in [7, 11) is 1.78. The maximum atomic E-state index is 5.03. The lowest BCUT2D eigenvalue weighted by Crippen LogP contribution is -2.38. The second-order valence-electron chi connectivity index (χ2n) is 5.44. The van der Waals surface area contributed by atoms with Gasteiger partial charge >= 0.3 is 0 Å². The predicted molar refractivity (Wildman–Crippen MR) is 65.1 cm³/mol. The molecule has 1 fully saturated rings. The molecule has 0 aromatic carbocycles. The monoisotopic (exact) mass is 213 g/mol. The van der Waals surface area contributed by atoms with E-state index in [-0.39, 0.29) is 0 Å². The molecule has 0 aliphatic heterocycles. The predicted octanol–water partition coefficient (Wildman–Crippen LogP) is 2.97. The molecule has 90 valence electrons. The molecule has 0 bridgehead atoms. The lowest BCUT2D eigenvalue weighted by atomic mass is 9.87. The molecule has 0 aromatic rings. The Morgan fingerprint density at radius 1 is 1.27 bits per heavy atom. The van der Waals surface area contributed by atoms with E-state index in [0.717, 1.165) is 12.6 Å². The van der Waals surface area contributed by atoms with E-state index in [1.54, 1.807) is 7.11 Å². The van der Waals surface area contributed by atoms with Crippen LogP contribution in [0.15, 0.2) is 0 Å². The molecule has 1 N–H and O–H groups in total. The van der Waals surface area contributed by atoms with Gasteiger partial charge in [0.05, 0.1) is 0 Å². The highest BCUT2D eigenvalue weighted by Gasteiger charge is 2.33. The zero-order valence-corrected chi connectivity index (χ0v) is 10.6. The van der Waals surface area contributed by atoms with Crippen molar-refractivity contribution in [3.05, 3.63) is 0 Å². The van der Waals surface area contributed by atoms with Crippen molar-refractivity contribution >= 4 is 0 Å². The fraction of sp³-hybridized carbons (Fsp3) is 1.00. The van der Waals surface area contributed by atoms with E-state index in [9.17, 15) is 0 Å². The summed E-state index contributed by atoms with van der Waals surface area (Å²) in [4.78, 5) is 0. The molecule has 2 nitrogen and oxygen atoms in total. The highest BCUT2D eigenvalue weighted by Crippen LogP contribution is 2.37. The molecule has 1 saturated carbocycles. The highest BCUT2D eigenvalue weighted by molar-refractivity contribution is 4.89. The second-order valence-corrected chi connectivity index (χ2v) is 5.44. The average molecular weight is 213 g/mol. The zero-order chi connectivity index (χ0) is 11.1. The minimum absolute atomic E-state index is 0.520. The Hall–Kier alpha value is -0.0800. The molecule has 1 atom stereocenters. The molecule has 15 heavy (non-hydrogen) atoms. The quantitative estimate of drug-likeness (QED) is 0.656. The van der Waals surface area contributed by atoms with Gasteiger partial charge in [0.2, 0.25) is 0 Å². The van der Waals surface area contributed by atoms with E-state index >= 15 is 0 Å². The molecular formula is C13H27NO. The molecule has 0 amide bonds. The van der Waals surface area contributed by atoms with Crippen LogP contribution in [0.3, 0.4) is 0 Å². The van der Waals surface area contributed by atoms with Gasteiger partial charge in [-0.25, -0.2) is 0 Å². The molecule has 1 unspecified atom stereocenters. The zero-order valence-electron chi connectivity index (χ0n) is 10.6. The molecule has 0 heterocycles. The molecule has 0 aromatic heterocycles. The third kappa shape index (κ3) is 4.52. The van der Waals surface area contributed by atoms with Gasteiger partial charge in [-0.1, -0.05) is 20.3 Å². The van der Waals surface area contributed by atoms with Gasteiger partial charge in [0.1, 0.15) is 0 Å². The van der Waals surface area contributed by atoms with Crippen molar-refractivity contribution in [1.29, 1.82) is 0 Å². The molecule has 1 aliphatic carbocycles. The fourth-order valence-electron chi connectivity index (χ4n) is 2.53. The van der Waals surface area contributed by atoms with Crippen LogP contribution in [0.5, 0.6) is 0 Å². The van der Waals surface area contributed by atoms with Gasteiger partial charge in [-0.2, -0.15) is 0 Å². The highest BCUT2D eigenvalue weighted by atomic mass is 16.5.